The predicted molar refractivity (Wildman–Crippen MR) is 97.6 cm³/mol. The highest BCUT2D eigenvalue weighted by atomic mass is 16.4. The predicted octanol–water partition coefficient (Wildman–Crippen LogP) is 2.25. The maximum Gasteiger partial charge on any atom is 0.330 e. The minimum absolute atomic E-state index is 0.0132. The summed E-state index contributed by atoms with van der Waals surface area (Å²) < 4.78 is 0. The zero-order chi connectivity index (χ0) is 18.9. The highest BCUT2D eigenvalue weighted by molar-refractivity contribution is 5.88. The third kappa shape index (κ3) is 5.47. The van der Waals surface area contributed by atoms with Crippen molar-refractivity contribution in [1.29, 1.82) is 0 Å². The Labute approximate surface area is 154 Å². The molecule has 0 bridgehead atoms. The maximum absolute atomic E-state index is 12.4. The van der Waals surface area contributed by atoms with Crippen LogP contribution in [0.3, 0.4) is 0 Å². The van der Waals surface area contributed by atoms with E-state index in [0.29, 0.717) is 18.7 Å². The van der Waals surface area contributed by atoms with Crippen molar-refractivity contribution in [1.82, 2.24) is 15.1 Å². The molecule has 1 aliphatic rings. The van der Waals surface area contributed by atoms with Gasteiger partial charge in [-0.2, -0.15) is 0 Å². The van der Waals surface area contributed by atoms with Gasteiger partial charge in [-0.1, -0.05) is 56.5 Å². The van der Waals surface area contributed by atoms with E-state index in [2.05, 4.69) is 12.2 Å². The van der Waals surface area contributed by atoms with E-state index in [1.165, 1.54) is 4.90 Å². The molecular formula is C19H27N3O4. The van der Waals surface area contributed by atoms with Crippen LogP contribution in [0, 0.1) is 0 Å². The van der Waals surface area contributed by atoms with Gasteiger partial charge in [0, 0.05) is 19.6 Å². The third-order valence-electron chi connectivity index (χ3n) is 4.54. The van der Waals surface area contributed by atoms with Crippen LogP contribution in [0.5, 0.6) is 0 Å². The fourth-order valence-corrected chi connectivity index (χ4v) is 3.00. The van der Waals surface area contributed by atoms with Crippen molar-refractivity contribution in [3.63, 3.8) is 0 Å². The molecule has 2 rings (SSSR count). The van der Waals surface area contributed by atoms with Gasteiger partial charge in [0.05, 0.1) is 0 Å². The van der Waals surface area contributed by atoms with Gasteiger partial charge < -0.3 is 20.2 Å². The van der Waals surface area contributed by atoms with Crippen LogP contribution in [-0.4, -0.2) is 59.0 Å². The van der Waals surface area contributed by atoms with E-state index in [-0.39, 0.29) is 12.5 Å². The zero-order valence-corrected chi connectivity index (χ0v) is 15.2. The van der Waals surface area contributed by atoms with Crippen LogP contribution >= 0.6 is 0 Å². The van der Waals surface area contributed by atoms with Gasteiger partial charge in [-0.15, -0.1) is 0 Å². The first kappa shape index (κ1) is 19.8. The van der Waals surface area contributed by atoms with Gasteiger partial charge in [0.25, 0.3) is 0 Å². The summed E-state index contributed by atoms with van der Waals surface area (Å²) in [4.78, 5) is 39.3. The monoisotopic (exact) mass is 361 g/mol. The number of carbonyl (C=O) groups is 3. The second-order valence-electron chi connectivity index (χ2n) is 6.49. The number of carboxylic acids is 1. The molecule has 2 N–H and O–H groups in total. The first-order valence-electron chi connectivity index (χ1n) is 9.14. The number of benzene rings is 1. The van der Waals surface area contributed by atoms with Gasteiger partial charge in [-0.3, -0.25) is 4.79 Å². The molecule has 0 saturated carbocycles. The Morgan fingerprint density at radius 2 is 1.88 bits per heavy atom. The number of hydrogen-bond acceptors (Lipinski definition) is 3. The number of hydrogen-bond donors (Lipinski definition) is 2. The molecule has 1 heterocycles. The van der Waals surface area contributed by atoms with Crippen LogP contribution in [0.1, 0.15) is 44.2 Å². The number of unbranched alkanes of at least 4 members (excludes halogenated alkanes) is 3. The summed E-state index contributed by atoms with van der Waals surface area (Å²) in [5.41, 5.74) is 0.495. The summed E-state index contributed by atoms with van der Waals surface area (Å²) in [6, 6.07) is 6.86. The van der Waals surface area contributed by atoms with Gasteiger partial charge in [0.1, 0.15) is 6.54 Å². The van der Waals surface area contributed by atoms with Gasteiger partial charge >= 0.3 is 12.0 Å². The maximum atomic E-state index is 12.4. The molecule has 142 valence electrons. The summed E-state index contributed by atoms with van der Waals surface area (Å²) in [5.74, 6) is -1.22. The molecule has 1 aliphatic heterocycles. The van der Waals surface area contributed by atoms with Crippen molar-refractivity contribution in [3.05, 3.63) is 35.9 Å². The van der Waals surface area contributed by atoms with Crippen molar-refractivity contribution in [2.45, 2.75) is 38.6 Å². The number of rotatable bonds is 8. The Morgan fingerprint density at radius 3 is 2.50 bits per heavy atom. The van der Waals surface area contributed by atoms with E-state index >= 15 is 0 Å². The molecule has 3 amide bonds. The lowest BCUT2D eigenvalue weighted by molar-refractivity contribution is -0.139. The van der Waals surface area contributed by atoms with E-state index in [0.717, 1.165) is 32.2 Å². The molecule has 1 saturated heterocycles. The summed E-state index contributed by atoms with van der Waals surface area (Å²) >= 11 is 0. The second-order valence-corrected chi connectivity index (χ2v) is 6.49. The lowest BCUT2D eigenvalue weighted by Crippen LogP contribution is -2.55. The van der Waals surface area contributed by atoms with E-state index < -0.39 is 18.0 Å². The number of piperazine rings is 1. The number of aliphatic carboxylic acids is 1. The Bertz CT molecular complexity index is 620. The van der Waals surface area contributed by atoms with Crippen LogP contribution in [0.15, 0.2) is 30.3 Å². The molecule has 1 aromatic rings. The SMILES string of the molecule is CCCCCCN1CCN(C(=O)NC(C(=O)O)c2ccccc2)CC1=O. The highest BCUT2D eigenvalue weighted by Gasteiger charge is 2.30. The standard InChI is InChI=1S/C19H27N3O4/c1-2-3-4-8-11-21-12-13-22(14-16(21)23)19(26)20-17(18(24)25)15-9-6-5-7-10-15/h5-7,9-10,17H,2-4,8,11-14H2,1H3,(H,20,26)(H,24,25). The summed E-state index contributed by atoms with van der Waals surface area (Å²) in [5, 5.41) is 11.9. The Balaban J connectivity index is 1.88. The molecule has 0 radical (unpaired) electrons. The van der Waals surface area contributed by atoms with Crippen molar-refractivity contribution >= 4 is 17.9 Å². The van der Waals surface area contributed by atoms with Gasteiger partial charge in [0.15, 0.2) is 6.04 Å². The van der Waals surface area contributed by atoms with Crippen molar-refractivity contribution in [2.24, 2.45) is 0 Å². The number of carbonyl (C=O) groups excluding carboxylic acids is 2. The fraction of sp³-hybridized carbons (Fsp3) is 0.526. The smallest absolute Gasteiger partial charge is 0.330 e. The molecule has 0 aliphatic carbocycles. The van der Waals surface area contributed by atoms with Crippen LogP contribution in [0.25, 0.3) is 0 Å². The second kappa shape index (κ2) is 9.79. The Hall–Kier alpha value is -2.57. The van der Waals surface area contributed by atoms with Crippen molar-refractivity contribution in [2.75, 3.05) is 26.2 Å². The van der Waals surface area contributed by atoms with Crippen LogP contribution < -0.4 is 5.32 Å². The normalized spacial score (nSPS) is 15.7. The van der Waals surface area contributed by atoms with Crippen LogP contribution in [0.4, 0.5) is 4.79 Å². The molecular weight excluding hydrogens is 334 g/mol. The van der Waals surface area contributed by atoms with E-state index in [1.807, 2.05) is 0 Å². The number of nitrogens with zero attached hydrogens (tertiary/aromatic N) is 2. The van der Waals surface area contributed by atoms with Crippen LogP contribution in [-0.2, 0) is 9.59 Å². The quantitative estimate of drug-likeness (QED) is 0.695. The van der Waals surface area contributed by atoms with E-state index in [4.69, 9.17) is 0 Å². The first-order chi connectivity index (χ1) is 12.5. The molecule has 26 heavy (non-hydrogen) atoms. The largest absolute Gasteiger partial charge is 0.479 e. The Kier molecular flexibility index (Phi) is 7.44. The highest BCUT2D eigenvalue weighted by Crippen LogP contribution is 2.14. The average Bonchev–Trinajstić information content (AvgIpc) is 2.64. The van der Waals surface area contributed by atoms with Crippen molar-refractivity contribution < 1.29 is 19.5 Å². The summed E-state index contributed by atoms with van der Waals surface area (Å²) in [7, 11) is 0. The minimum atomic E-state index is -1.13. The van der Waals surface area contributed by atoms with Gasteiger partial charge in [-0.05, 0) is 12.0 Å². The molecule has 7 heteroatoms. The average molecular weight is 361 g/mol. The van der Waals surface area contributed by atoms with E-state index in [1.54, 1.807) is 35.2 Å². The Morgan fingerprint density at radius 1 is 1.15 bits per heavy atom. The van der Waals surface area contributed by atoms with Crippen LogP contribution in [0.2, 0.25) is 0 Å². The zero-order valence-electron chi connectivity index (χ0n) is 15.2. The number of amides is 3. The molecule has 1 atom stereocenters. The third-order valence-corrected chi connectivity index (χ3v) is 4.54. The molecule has 7 nitrogen and oxygen atoms in total. The number of urea groups is 1. The first-order valence-corrected chi connectivity index (χ1v) is 9.14. The van der Waals surface area contributed by atoms with Gasteiger partial charge in [0.2, 0.25) is 5.91 Å². The molecule has 1 fully saturated rings. The van der Waals surface area contributed by atoms with Gasteiger partial charge in [-0.25, -0.2) is 9.59 Å². The summed E-state index contributed by atoms with van der Waals surface area (Å²) in [6.07, 6.45) is 4.38. The minimum Gasteiger partial charge on any atom is -0.479 e. The van der Waals surface area contributed by atoms with Crippen molar-refractivity contribution in [3.8, 4) is 0 Å². The molecule has 1 aromatic carbocycles. The molecule has 0 spiro atoms. The topological polar surface area (TPSA) is 89.9 Å². The molecule has 1 unspecified atom stereocenters. The number of carboxylic acid groups (broad SMARTS) is 1. The lowest BCUT2D eigenvalue weighted by Gasteiger charge is -2.35. The van der Waals surface area contributed by atoms with E-state index in [9.17, 15) is 19.5 Å². The number of nitrogens with one attached hydrogen (secondary N) is 1. The fourth-order valence-electron chi connectivity index (χ4n) is 3.00. The molecule has 0 aromatic heterocycles. The lowest BCUT2D eigenvalue weighted by atomic mass is 10.1. The summed E-state index contributed by atoms with van der Waals surface area (Å²) in [6.45, 7) is 3.74.